The fourth-order valence-electron chi connectivity index (χ4n) is 2.34. The number of unbranched alkanes of at least 4 members (excludes halogenated alkanes) is 3. The molecule has 0 saturated heterocycles. The quantitative estimate of drug-likeness (QED) is 0.608. The third-order valence-electron chi connectivity index (χ3n) is 3.39. The van der Waals surface area contributed by atoms with Crippen LogP contribution < -0.4 is 5.32 Å². The highest BCUT2D eigenvalue weighted by molar-refractivity contribution is 4.74. The molecular formula is C13H27NO. The van der Waals surface area contributed by atoms with Crippen LogP contribution in [0, 0.1) is 0 Å². The summed E-state index contributed by atoms with van der Waals surface area (Å²) in [5.41, 5.74) is 0. The van der Waals surface area contributed by atoms with Crippen LogP contribution in [0.2, 0.25) is 0 Å². The topological polar surface area (TPSA) is 32.3 Å². The second kappa shape index (κ2) is 8.12. The predicted molar refractivity (Wildman–Crippen MR) is 65.0 cm³/mol. The Kier molecular flexibility index (Phi) is 7.03. The smallest absolute Gasteiger partial charge is 0.0664 e. The van der Waals surface area contributed by atoms with Crippen molar-refractivity contribution >= 4 is 0 Å². The van der Waals surface area contributed by atoms with Gasteiger partial charge in [0.25, 0.3) is 0 Å². The Balaban J connectivity index is 1.90. The maximum atomic E-state index is 9.75. The van der Waals surface area contributed by atoms with Crippen LogP contribution in [0.5, 0.6) is 0 Å². The Labute approximate surface area is 94.5 Å². The Bertz CT molecular complexity index is 143. The largest absolute Gasteiger partial charge is 0.392 e. The fourth-order valence-corrected chi connectivity index (χ4v) is 2.34. The molecule has 2 nitrogen and oxygen atoms in total. The van der Waals surface area contributed by atoms with Crippen LogP contribution in [-0.2, 0) is 0 Å². The molecule has 0 amide bonds. The number of hydrogen-bond donors (Lipinski definition) is 2. The third-order valence-corrected chi connectivity index (χ3v) is 3.39. The van der Waals surface area contributed by atoms with Crippen molar-refractivity contribution in [3.63, 3.8) is 0 Å². The number of aliphatic hydroxyl groups is 1. The molecule has 2 N–H and O–H groups in total. The molecule has 0 aromatic heterocycles. The second-order valence-corrected chi connectivity index (χ2v) is 4.89. The molecule has 90 valence electrons. The average molecular weight is 213 g/mol. The molecule has 2 heteroatoms. The van der Waals surface area contributed by atoms with Crippen LogP contribution in [0.25, 0.3) is 0 Å². The van der Waals surface area contributed by atoms with Crippen molar-refractivity contribution in [3.05, 3.63) is 0 Å². The molecule has 0 spiro atoms. The minimum absolute atomic E-state index is 0.123. The first-order valence-electron chi connectivity index (χ1n) is 6.74. The molecule has 1 fully saturated rings. The van der Waals surface area contributed by atoms with E-state index in [4.69, 9.17) is 0 Å². The van der Waals surface area contributed by atoms with E-state index >= 15 is 0 Å². The van der Waals surface area contributed by atoms with Gasteiger partial charge < -0.3 is 10.4 Å². The van der Waals surface area contributed by atoms with E-state index in [1.54, 1.807) is 0 Å². The zero-order valence-corrected chi connectivity index (χ0v) is 10.2. The van der Waals surface area contributed by atoms with Gasteiger partial charge in [0.2, 0.25) is 0 Å². The first-order chi connectivity index (χ1) is 7.33. The van der Waals surface area contributed by atoms with E-state index in [9.17, 15) is 5.11 Å². The Morgan fingerprint density at radius 2 is 1.93 bits per heavy atom. The van der Waals surface area contributed by atoms with E-state index < -0.39 is 0 Å². The molecule has 15 heavy (non-hydrogen) atoms. The van der Waals surface area contributed by atoms with Gasteiger partial charge in [0.15, 0.2) is 0 Å². The molecule has 0 bridgehead atoms. The summed E-state index contributed by atoms with van der Waals surface area (Å²) >= 11 is 0. The van der Waals surface area contributed by atoms with Gasteiger partial charge in [0.1, 0.15) is 0 Å². The van der Waals surface area contributed by atoms with Gasteiger partial charge in [-0.25, -0.2) is 0 Å². The van der Waals surface area contributed by atoms with E-state index in [0.717, 1.165) is 13.0 Å². The molecule has 1 aliphatic carbocycles. The number of nitrogens with one attached hydrogen (secondary N) is 1. The molecule has 0 radical (unpaired) electrons. The standard InChI is InChI=1S/C13H27NO/c1-2-3-4-5-10-13(15)11-14-12-8-6-7-9-12/h12-15H,2-11H2,1H3. The van der Waals surface area contributed by atoms with Crippen molar-refractivity contribution in [2.24, 2.45) is 0 Å². The molecule has 1 aliphatic rings. The lowest BCUT2D eigenvalue weighted by Crippen LogP contribution is -2.33. The zero-order valence-electron chi connectivity index (χ0n) is 10.2. The summed E-state index contributed by atoms with van der Waals surface area (Å²) in [6.07, 6.45) is 11.2. The maximum absolute atomic E-state index is 9.75. The molecule has 1 atom stereocenters. The maximum Gasteiger partial charge on any atom is 0.0664 e. The lowest BCUT2D eigenvalue weighted by atomic mass is 10.1. The molecule has 0 aromatic rings. The second-order valence-electron chi connectivity index (χ2n) is 4.89. The minimum Gasteiger partial charge on any atom is -0.392 e. The van der Waals surface area contributed by atoms with Gasteiger partial charge in [-0.2, -0.15) is 0 Å². The normalized spacial score (nSPS) is 19.6. The van der Waals surface area contributed by atoms with E-state index in [1.807, 2.05) is 0 Å². The summed E-state index contributed by atoms with van der Waals surface area (Å²) < 4.78 is 0. The summed E-state index contributed by atoms with van der Waals surface area (Å²) in [6, 6.07) is 0.690. The molecule has 1 rings (SSSR count). The molecule has 0 heterocycles. The van der Waals surface area contributed by atoms with Crippen LogP contribution in [0.15, 0.2) is 0 Å². The summed E-state index contributed by atoms with van der Waals surface area (Å²) in [6.45, 7) is 3.02. The summed E-state index contributed by atoms with van der Waals surface area (Å²) in [5.74, 6) is 0. The first kappa shape index (κ1) is 13.0. The highest BCUT2D eigenvalue weighted by Gasteiger charge is 2.15. The van der Waals surface area contributed by atoms with Crippen molar-refractivity contribution in [2.75, 3.05) is 6.54 Å². The van der Waals surface area contributed by atoms with Crippen LogP contribution in [0.4, 0.5) is 0 Å². The van der Waals surface area contributed by atoms with Crippen LogP contribution in [-0.4, -0.2) is 23.8 Å². The first-order valence-corrected chi connectivity index (χ1v) is 6.74. The van der Waals surface area contributed by atoms with Crippen molar-refractivity contribution in [1.82, 2.24) is 5.32 Å². The monoisotopic (exact) mass is 213 g/mol. The van der Waals surface area contributed by atoms with E-state index in [-0.39, 0.29) is 6.10 Å². The van der Waals surface area contributed by atoms with Crippen molar-refractivity contribution in [3.8, 4) is 0 Å². The van der Waals surface area contributed by atoms with Crippen molar-refractivity contribution < 1.29 is 5.11 Å². The van der Waals surface area contributed by atoms with Gasteiger partial charge >= 0.3 is 0 Å². The van der Waals surface area contributed by atoms with Gasteiger partial charge in [0.05, 0.1) is 6.10 Å². The molecule has 1 saturated carbocycles. The van der Waals surface area contributed by atoms with E-state index in [0.29, 0.717) is 6.04 Å². The van der Waals surface area contributed by atoms with Gasteiger partial charge in [-0.1, -0.05) is 45.4 Å². The Morgan fingerprint density at radius 1 is 1.20 bits per heavy atom. The number of aliphatic hydroxyl groups excluding tert-OH is 1. The Morgan fingerprint density at radius 3 is 2.60 bits per heavy atom. The van der Waals surface area contributed by atoms with Crippen LogP contribution >= 0.6 is 0 Å². The predicted octanol–water partition coefficient (Wildman–Crippen LogP) is 2.85. The Hall–Kier alpha value is -0.0800. The minimum atomic E-state index is -0.123. The zero-order chi connectivity index (χ0) is 10.9. The lowest BCUT2D eigenvalue weighted by Gasteiger charge is -2.15. The van der Waals surface area contributed by atoms with Crippen LogP contribution in [0.3, 0.4) is 0 Å². The van der Waals surface area contributed by atoms with Gasteiger partial charge in [-0.05, 0) is 19.3 Å². The average Bonchev–Trinajstić information content (AvgIpc) is 2.74. The third kappa shape index (κ3) is 6.16. The summed E-state index contributed by atoms with van der Waals surface area (Å²) in [5, 5.41) is 13.2. The van der Waals surface area contributed by atoms with Crippen LogP contribution in [0.1, 0.15) is 64.7 Å². The fraction of sp³-hybridized carbons (Fsp3) is 1.00. The van der Waals surface area contributed by atoms with E-state index in [2.05, 4.69) is 12.2 Å². The van der Waals surface area contributed by atoms with Crippen molar-refractivity contribution in [2.45, 2.75) is 76.9 Å². The van der Waals surface area contributed by atoms with Crippen molar-refractivity contribution in [1.29, 1.82) is 0 Å². The highest BCUT2D eigenvalue weighted by atomic mass is 16.3. The van der Waals surface area contributed by atoms with Gasteiger partial charge in [-0.3, -0.25) is 0 Å². The van der Waals surface area contributed by atoms with E-state index in [1.165, 1.54) is 51.4 Å². The summed E-state index contributed by atoms with van der Waals surface area (Å²) in [7, 11) is 0. The molecule has 0 aliphatic heterocycles. The molecule has 0 aromatic carbocycles. The molecular weight excluding hydrogens is 186 g/mol. The molecule has 1 unspecified atom stereocenters. The van der Waals surface area contributed by atoms with Gasteiger partial charge in [-0.15, -0.1) is 0 Å². The SMILES string of the molecule is CCCCCCC(O)CNC1CCCC1. The highest BCUT2D eigenvalue weighted by Crippen LogP contribution is 2.17. The number of rotatable bonds is 8. The number of hydrogen-bond acceptors (Lipinski definition) is 2. The summed E-state index contributed by atoms with van der Waals surface area (Å²) in [4.78, 5) is 0. The van der Waals surface area contributed by atoms with Gasteiger partial charge in [0, 0.05) is 12.6 Å². The lowest BCUT2D eigenvalue weighted by molar-refractivity contribution is 0.153.